The van der Waals surface area contributed by atoms with Gasteiger partial charge < -0.3 is 14.8 Å². The van der Waals surface area contributed by atoms with Gasteiger partial charge in [0.1, 0.15) is 6.04 Å². The van der Waals surface area contributed by atoms with Crippen LogP contribution in [0.2, 0.25) is 0 Å². The number of rotatable bonds is 3. The van der Waals surface area contributed by atoms with Gasteiger partial charge >= 0.3 is 6.03 Å². The van der Waals surface area contributed by atoms with E-state index in [1.165, 1.54) is 4.90 Å². The van der Waals surface area contributed by atoms with E-state index in [0.29, 0.717) is 31.1 Å². The molecule has 1 aromatic heterocycles. The number of aromatic nitrogens is 1. The monoisotopic (exact) mass is 316 g/mol. The van der Waals surface area contributed by atoms with Gasteiger partial charge in [-0.05, 0) is 31.7 Å². The maximum absolute atomic E-state index is 12.8. The molecule has 2 saturated heterocycles. The molecule has 1 atom stereocenters. The summed E-state index contributed by atoms with van der Waals surface area (Å²) in [4.78, 5) is 45.1. The normalized spacial score (nSPS) is 24.4. The molecule has 0 spiro atoms. The molecule has 0 aromatic carbocycles. The second-order valence-corrected chi connectivity index (χ2v) is 6.40. The SMILES string of the molecule is CCN1C(=O)C2CN(C(=O)c3cc[nH]c3C3CC3)CCN2C1=O. The van der Waals surface area contributed by atoms with E-state index in [0.717, 1.165) is 18.5 Å². The Balaban J connectivity index is 1.53. The average molecular weight is 316 g/mol. The second-order valence-electron chi connectivity index (χ2n) is 6.40. The largest absolute Gasteiger partial charge is 0.364 e. The number of hydrogen-bond acceptors (Lipinski definition) is 3. The van der Waals surface area contributed by atoms with Crippen molar-refractivity contribution in [3.8, 4) is 0 Å². The van der Waals surface area contributed by atoms with Crippen LogP contribution in [-0.4, -0.2) is 69.8 Å². The van der Waals surface area contributed by atoms with Crippen LogP contribution in [-0.2, 0) is 4.79 Å². The Morgan fingerprint density at radius 3 is 2.78 bits per heavy atom. The lowest BCUT2D eigenvalue weighted by Gasteiger charge is -2.35. The molecular formula is C16H20N4O3. The third kappa shape index (κ3) is 2.14. The standard InChI is InChI=1S/C16H20N4O3/c1-2-19-15(22)12-9-18(7-8-20(12)16(19)23)14(21)11-5-6-17-13(11)10-3-4-10/h5-6,10,12,17H,2-4,7-9H2,1H3. The van der Waals surface area contributed by atoms with Crippen LogP contribution < -0.4 is 0 Å². The van der Waals surface area contributed by atoms with Crippen LogP contribution in [0.15, 0.2) is 12.3 Å². The summed E-state index contributed by atoms with van der Waals surface area (Å²) in [6.45, 7) is 3.35. The number of imide groups is 1. The highest BCUT2D eigenvalue weighted by Crippen LogP contribution is 2.41. The molecule has 3 heterocycles. The van der Waals surface area contributed by atoms with Crippen molar-refractivity contribution in [2.75, 3.05) is 26.2 Å². The van der Waals surface area contributed by atoms with Gasteiger partial charge in [0.25, 0.3) is 11.8 Å². The van der Waals surface area contributed by atoms with Crippen molar-refractivity contribution >= 4 is 17.8 Å². The number of urea groups is 1. The van der Waals surface area contributed by atoms with Crippen molar-refractivity contribution in [2.24, 2.45) is 0 Å². The van der Waals surface area contributed by atoms with Crippen LogP contribution in [0.4, 0.5) is 4.79 Å². The van der Waals surface area contributed by atoms with E-state index >= 15 is 0 Å². The maximum Gasteiger partial charge on any atom is 0.327 e. The molecule has 3 aliphatic rings. The highest BCUT2D eigenvalue weighted by atomic mass is 16.2. The van der Waals surface area contributed by atoms with Gasteiger partial charge in [-0.25, -0.2) is 4.79 Å². The summed E-state index contributed by atoms with van der Waals surface area (Å²) in [5.74, 6) is 0.241. The molecule has 7 heteroatoms. The molecule has 1 aromatic rings. The van der Waals surface area contributed by atoms with Crippen molar-refractivity contribution < 1.29 is 14.4 Å². The Kier molecular flexibility index (Phi) is 3.18. The number of carbonyl (C=O) groups excluding carboxylic acids is 3. The summed E-state index contributed by atoms with van der Waals surface area (Å²) < 4.78 is 0. The van der Waals surface area contributed by atoms with Gasteiger partial charge in [-0.1, -0.05) is 0 Å². The highest BCUT2D eigenvalue weighted by Gasteiger charge is 2.48. The molecular weight excluding hydrogens is 296 g/mol. The first kappa shape index (κ1) is 14.3. The molecule has 1 aliphatic carbocycles. The summed E-state index contributed by atoms with van der Waals surface area (Å²) in [7, 11) is 0. The molecule has 122 valence electrons. The first-order chi connectivity index (χ1) is 11.1. The van der Waals surface area contributed by atoms with Crippen LogP contribution in [0.5, 0.6) is 0 Å². The molecule has 0 radical (unpaired) electrons. The Morgan fingerprint density at radius 2 is 2.09 bits per heavy atom. The lowest BCUT2D eigenvalue weighted by Crippen LogP contribution is -2.54. The Morgan fingerprint density at radius 1 is 1.30 bits per heavy atom. The minimum Gasteiger partial charge on any atom is -0.364 e. The third-order valence-corrected chi connectivity index (χ3v) is 5.01. The molecule has 2 aliphatic heterocycles. The summed E-state index contributed by atoms with van der Waals surface area (Å²) in [6, 6.07) is 1.07. The fourth-order valence-corrected chi connectivity index (χ4v) is 3.58. The molecule has 1 saturated carbocycles. The van der Waals surface area contributed by atoms with Gasteiger partial charge in [0.05, 0.1) is 12.1 Å². The van der Waals surface area contributed by atoms with Gasteiger partial charge in [0.15, 0.2) is 0 Å². The number of aromatic amines is 1. The van der Waals surface area contributed by atoms with Crippen molar-refractivity contribution in [3.05, 3.63) is 23.5 Å². The zero-order valence-corrected chi connectivity index (χ0v) is 13.1. The first-order valence-corrected chi connectivity index (χ1v) is 8.20. The van der Waals surface area contributed by atoms with Crippen molar-refractivity contribution in [3.63, 3.8) is 0 Å². The summed E-state index contributed by atoms with van der Waals surface area (Å²) >= 11 is 0. The maximum atomic E-state index is 12.8. The molecule has 1 unspecified atom stereocenters. The minimum absolute atomic E-state index is 0.0389. The summed E-state index contributed by atoms with van der Waals surface area (Å²) in [5.41, 5.74) is 1.73. The average Bonchev–Trinajstić information content (AvgIpc) is 3.24. The van der Waals surface area contributed by atoms with E-state index in [9.17, 15) is 14.4 Å². The smallest absolute Gasteiger partial charge is 0.327 e. The Bertz CT molecular complexity index is 679. The second kappa shape index (κ2) is 5.11. The van der Waals surface area contributed by atoms with Gasteiger partial charge in [-0.15, -0.1) is 0 Å². The van der Waals surface area contributed by atoms with E-state index in [-0.39, 0.29) is 24.4 Å². The van der Waals surface area contributed by atoms with E-state index < -0.39 is 6.04 Å². The van der Waals surface area contributed by atoms with Crippen LogP contribution in [0, 0.1) is 0 Å². The molecule has 7 nitrogen and oxygen atoms in total. The number of carbonyl (C=O) groups is 3. The number of fused-ring (bicyclic) bond motifs is 1. The molecule has 4 amide bonds. The van der Waals surface area contributed by atoms with Gasteiger partial charge in [-0.3, -0.25) is 14.5 Å². The number of nitrogens with zero attached hydrogens (tertiary/aromatic N) is 3. The lowest BCUT2D eigenvalue weighted by molar-refractivity contribution is -0.129. The first-order valence-electron chi connectivity index (χ1n) is 8.20. The van der Waals surface area contributed by atoms with Gasteiger partial charge in [0, 0.05) is 31.5 Å². The molecule has 4 rings (SSSR count). The van der Waals surface area contributed by atoms with Crippen molar-refractivity contribution in [1.82, 2.24) is 19.7 Å². The number of H-pyrrole nitrogens is 1. The topological polar surface area (TPSA) is 76.7 Å². The summed E-state index contributed by atoms with van der Waals surface area (Å²) in [5, 5.41) is 0. The quantitative estimate of drug-likeness (QED) is 0.845. The zero-order chi connectivity index (χ0) is 16.1. The van der Waals surface area contributed by atoms with E-state index in [4.69, 9.17) is 0 Å². The van der Waals surface area contributed by atoms with Gasteiger partial charge in [-0.2, -0.15) is 0 Å². The molecule has 0 bridgehead atoms. The van der Waals surface area contributed by atoms with Crippen LogP contribution >= 0.6 is 0 Å². The lowest BCUT2D eigenvalue weighted by atomic mass is 10.1. The van der Waals surface area contributed by atoms with Gasteiger partial charge in [0.2, 0.25) is 0 Å². The Labute approximate surface area is 134 Å². The Hall–Kier alpha value is -2.31. The number of likely N-dealkylation sites (N-methyl/N-ethyl adjacent to an activating group) is 1. The number of hydrogen-bond donors (Lipinski definition) is 1. The van der Waals surface area contributed by atoms with E-state index in [1.807, 2.05) is 6.07 Å². The number of nitrogens with one attached hydrogen (secondary N) is 1. The van der Waals surface area contributed by atoms with Crippen molar-refractivity contribution in [1.29, 1.82) is 0 Å². The van der Waals surface area contributed by atoms with E-state index in [2.05, 4.69) is 4.98 Å². The fourth-order valence-electron chi connectivity index (χ4n) is 3.58. The third-order valence-electron chi connectivity index (χ3n) is 5.01. The van der Waals surface area contributed by atoms with Crippen LogP contribution in [0.1, 0.15) is 41.7 Å². The summed E-state index contributed by atoms with van der Waals surface area (Å²) in [6.07, 6.45) is 4.05. The van der Waals surface area contributed by atoms with Crippen LogP contribution in [0.3, 0.4) is 0 Å². The van der Waals surface area contributed by atoms with Crippen LogP contribution in [0.25, 0.3) is 0 Å². The van der Waals surface area contributed by atoms with Crippen molar-refractivity contribution in [2.45, 2.75) is 31.7 Å². The molecule has 23 heavy (non-hydrogen) atoms. The molecule has 1 N–H and O–H groups in total. The zero-order valence-electron chi connectivity index (χ0n) is 13.1. The van der Waals surface area contributed by atoms with E-state index in [1.54, 1.807) is 22.9 Å². The predicted molar refractivity (Wildman–Crippen MR) is 81.9 cm³/mol. The highest BCUT2D eigenvalue weighted by molar-refractivity contribution is 6.05. The minimum atomic E-state index is -0.525. The number of piperazine rings is 1. The number of amides is 4. The molecule has 3 fully saturated rings. The fraction of sp³-hybridized carbons (Fsp3) is 0.562. The predicted octanol–water partition coefficient (Wildman–Crippen LogP) is 1.00.